The van der Waals surface area contributed by atoms with Gasteiger partial charge in [0.2, 0.25) is 0 Å². The van der Waals surface area contributed by atoms with Gasteiger partial charge in [-0.25, -0.2) is 0 Å². The molecule has 1 aliphatic rings. The van der Waals surface area contributed by atoms with Crippen molar-refractivity contribution in [3.63, 3.8) is 0 Å². The Hall–Kier alpha value is -0.410. The van der Waals surface area contributed by atoms with Crippen molar-refractivity contribution in [2.24, 2.45) is 0 Å². The second-order valence-electron chi connectivity index (χ2n) is 3.95. The minimum absolute atomic E-state index is 0.193. The van der Waals surface area contributed by atoms with Crippen LogP contribution in [0.15, 0.2) is 0 Å². The number of ketones is 1. The molecule has 0 saturated heterocycles. The summed E-state index contributed by atoms with van der Waals surface area (Å²) < 4.78 is 0. The predicted octanol–water partition coefficient (Wildman–Crippen LogP) is 0.811. The van der Waals surface area contributed by atoms with Gasteiger partial charge < -0.3 is 5.11 Å². The van der Waals surface area contributed by atoms with Crippen LogP contribution in [-0.2, 0) is 4.79 Å². The highest BCUT2D eigenvalue weighted by molar-refractivity contribution is 5.76. The van der Waals surface area contributed by atoms with E-state index >= 15 is 0 Å². The van der Waals surface area contributed by atoms with Crippen molar-refractivity contribution < 1.29 is 9.90 Å². The van der Waals surface area contributed by atoms with Crippen molar-refractivity contribution in [2.75, 3.05) is 13.2 Å². The molecule has 76 valence electrons. The first-order valence-corrected chi connectivity index (χ1v) is 5.01. The highest BCUT2D eigenvalue weighted by Gasteiger charge is 2.31. The van der Waals surface area contributed by atoms with Crippen LogP contribution in [0.1, 0.15) is 33.1 Å². The smallest absolute Gasteiger partial charge is 0.131 e. The largest absolute Gasteiger partial charge is 0.395 e. The molecule has 0 aromatic heterocycles. The van der Waals surface area contributed by atoms with E-state index < -0.39 is 0 Å². The van der Waals surface area contributed by atoms with Gasteiger partial charge in [-0.2, -0.15) is 0 Å². The van der Waals surface area contributed by atoms with Crippen LogP contribution in [0.5, 0.6) is 0 Å². The van der Waals surface area contributed by atoms with E-state index in [4.69, 9.17) is 5.11 Å². The fourth-order valence-corrected chi connectivity index (χ4v) is 1.82. The first-order valence-electron chi connectivity index (χ1n) is 5.01. The topological polar surface area (TPSA) is 40.5 Å². The third-order valence-electron chi connectivity index (χ3n) is 2.52. The second kappa shape index (κ2) is 4.72. The first-order chi connectivity index (χ1) is 6.15. The maximum absolute atomic E-state index is 10.9. The molecular weight excluding hydrogens is 166 g/mol. The number of Topliss-reactive ketones (excluding diaryl/α,β-unsaturated/α-hetero) is 1. The van der Waals surface area contributed by atoms with Gasteiger partial charge in [0, 0.05) is 25.0 Å². The highest BCUT2D eigenvalue weighted by atomic mass is 16.3. The van der Waals surface area contributed by atoms with Gasteiger partial charge in [-0.1, -0.05) is 0 Å². The first kappa shape index (κ1) is 10.7. The van der Waals surface area contributed by atoms with Crippen LogP contribution in [0.4, 0.5) is 0 Å². The van der Waals surface area contributed by atoms with Crippen molar-refractivity contribution in [2.45, 2.75) is 45.2 Å². The highest BCUT2D eigenvalue weighted by Crippen LogP contribution is 2.28. The second-order valence-corrected chi connectivity index (χ2v) is 3.95. The molecule has 0 heterocycles. The Kier molecular flexibility index (Phi) is 3.88. The van der Waals surface area contributed by atoms with E-state index in [-0.39, 0.29) is 18.4 Å². The normalized spacial score (nSPS) is 19.1. The summed E-state index contributed by atoms with van der Waals surface area (Å²) in [7, 11) is 0. The molecule has 3 heteroatoms. The molecular formula is C10H19NO2. The van der Waals surface area contributed by atoms with Crippen LogP contribution < -0.4 is 0 Å². The number of aliphatic hydroxyl groups excluding tert-OH is 1. The number of nitrogens with zero attached hydrogens (tertiary/aromatic N) is 1. The average molecular weight is 185 g/mol. The molecule has 1 unspecified atom stereocenters. The van der Waals surface area contributed by atoms with Gasteiger partial charge in [0.1, 0.15) is 5.78 Å². The minimum Gasteiger partial charge on any atom is -0.395 e. The van der Waals surface area contributed by atoms with Crippen molar-refractivity contribution in [1.29, 1.82) is 0 Å². The van der Waals surface area contributed by atoms with E-state index in [2.05, 4.69) is 11.8 Å². The zero-order chi connectivity index (χ0) is 9.84. The van der Waals surface area contributed by atoms with E-state index in [9.17, 15) is 4.79 Å². The minimum atomic E-state index is 0.193. The Morgan fingerprint density at radius 1 is 1.62 bits per heavy atom. The van der Waals surface area contributed by atoms with Gasteiger partial charge >= 0.3 is 0 Å². The van der Waals surface area contributed by atoms with E-state index in [1.165, 1.54) is 12.8 Å². The predicted molar refractivity (Wildman–Crippen MR) is 51.6 cm³/mol. The van der Waals surface area contributed by atoms with Crippen LogP contribution in [0, 0.1) is 0 Å². The molecule has 1 aliphatic carbocycles. The number of carbonyl (C=O) groups excluding carboxylic acids is 1. The van der Waals surface area contributed by atoms with Crippen LogP contribution in [0.25, 0.3) is 0 Å². The molecule has 0 aliphatic heterocycles. The number of hydrogen-bond acceptors (Lipinski definition) is 3. The Labute approximate surface area is 79.7 Å². The van der Waals surface area contributed by atoms with Crippen LogP contribution in [0.2, 0.25) is 0 Å². The quantitative estimate of drug-likeness (QED) is 0.665. The molecule has 0 bridgehead atoms. The van der Waals surface area contributed by atoms with Gasteiger partial charge in [0.05, 0.1) is 6.61 Å². The molecule has 1 atom stereocenters. The molecule has 1 rings (SSSR count). The van der Waals surface area contributed by atoms with Crippen molar-refractivity contribution in [3.8, 4) is 0 Å². The lowest BCUT2D eigenvalue weighted by Gasteiger charge is -2.27. The van der Waals surface area contributed by atoms with Crippen molar-refractivity contribution >= 4 is 5.78 Å². The molecule has 1 N–H and O–H groups in total. The summed E-state index contributed by atoms with van der Waals surface area (Å²) in [6.07, 6.45) is 3.06. The molecule has 1 fully saturated rings. The molecule has 1 saturated carbocycles. The summed E-state index contributed by atoms with van der Waals surface area (Å²) >= 11 is 0. The third kappa shape index (κ3) is 3.44. The standard InChI is InChI=1S/C10H19NO2/c1-8(7-9(2)13)11(5-6-12)10-3-4-10/h8,10,12H,3-7H2,1-2H3. The van der Waals surface area contributed by atoms with E-state index in [1.54, 1.807) is 6.92 Å². The number of hydrogen-bond donors (Lipinski definition) is 1. The van der Waals surface area contributed by atoms with Gasteiger partial charge in [0.15, 0.2) is 0 Å². The summed E-state index contributed by atoms with van der Waals surface area (Å²) in [6, 6.07) is 0.915. The summed E-state index contributed by atoms with van der Waals surface area (Å²) in [4.78, 5) is 13.2. The summed E-state index contributed by atoms with van der Waals surface area (Å²) in [5.74, 6) is 0.232. The van der Waals surface area contributed by atoms with E-state index in [0.717, 1.165) is 0 Å². The van der Waals surface area contributed by atoms with Gasteiger partial charge in [-0.05, 0) is 26.7 Å². The van der Waals surface area contributed by atoms with Gasteiger partial charge in [0.25, 0.3) is 0 Å². The Morgan fingerprint density at radius 2 is 2.23 bits per heavy atom. The van der Waals surface area contributed by atoms with Crippen LogP contribution in [-0.4, -0.2) is 41.0 Å². The van der Waals surface area contributed by atoms with E-state index in [1.807, 2.05) is 0 Å². The molecule has 0 aromatic carbocycles. The lowest BCUT2D eigenvalue weighted by atomic mass is 10.1. The summed E-state index contributed by atoms with van der Waals surface area (Å²) in [5.41, 5.74) is 0. The molecule has 13 heavy (non-hydrogen) atoms. The number of aliphatic hydroxyl groups is 1. The number of carbonyl (C=O) groups is 1. The third-order valence-corrected chi connectivity index (χ3v) is 2.52. The molecule has 0 spiro atoms. The zero-order valence-corrected chi connectivity index (χ0v) is 8.49. The zero-order valence-electron chi connectivity index (χ0n) is 8.49. The molecule has 0 amide bonds. The Bertz CT molecular complexity index is 178. The average Bonchev–Trinajstić information content (AvgIpc) is 2.81. The van der Waals surface area contributed by atoms with Gasteiger partial charge in [-0.3, -0.25) is 9.69 Å². The SMILES string of the molecule is CC(=O)CC(C)N(CCO)C1CC1. The fourth-order valence-electron chi connectivity index (χ4n) is 1.82. The lowest BCUT2D eigenvalue weighted by Crippen LogP contribution is -2.38. The lowest BCUT2D eigenvalue weighted by molar-refractivity contribution is -0.118. The van der Waals surface area contributed by atoms with Crippen molar-refractivity contribution in [1.82, 2.24) is 4.90 Å². The van der Waals surface area contributed by atoms with E-state index in [0.29, 0.717) is 19.0 Å². The molecule has 3 nitrogen and oxygen atoms in total. The number of rotatable bonds is 6. The van der Waals surface area contributed by atoms with Gasteiger partial charge in [-0.15, -0.1) is 0 Å². The Morgan fingerprint density at radius 3 is 2.62 bits per heavy atom. The molecule has 0 radical (unpaired) electrons. The fraction of sp³-hybridized carbons (Fsp3) is 0.900. The maximum Gasteiger partial charge on any atom is 0.131 e. The summed E-state index contributed by atoms with van der Waals surface area (Å²) in [6.45, 7) is 4.59. The monoisotopic (exact) mass is 185 g/mol. The molecule has 0 aromatic rings. The van der Waals surface area contributed by atoms with Crippen LogP contribution in [0.3, 0.4) is 0 Å². The van der Waals surface area contributed by atoms with Crippen molar-refractivity contribution in [3.05, 3.63) is 0 Å². The maximum atomic E-state index is 10.9. The van der Waals surface area contributed by atoms with Crippen LogP contribution >= 0.6 is 0 Å². The Balaban J connectivity index is 2.37. The summed E-state index contributed by atoms with van der Waals surface area (Å²) in [5, 5.41) is 8.87.